The van der Waals surface area contributed by atoms with Crippen molar-refractivity contribution in [1.82, 2.24) is 19.5 Å². The smallest absolute Gasteiger partial charge is 0.251 e. The van der Waals surface area contributed by atoms with Crippen LogP contribution in [0, 0.1) is 11.8 Å². The summed E-state index contributed by atoms with van der Waals surface area (Å²) in [6.07, 6.45) is 0. The Morgan fingerprint density at radius 1 is 1.03 bits per heavy atom. The normalized spacial score (nSPS) is 15.1. The second kappa shape index (κ2) is 13.0. The summed E-state index contributed by atoms with van der Waals surface area (Å²) in [5.74, 6) is 0.237. The van der Waals surface area contributed by atoms with Crippen molar-refractivity contribution in [2.45, 2.75) is 32.6 Å². The van der Waals surface area contributed by atoms with Crippen LogP contribution in [0.2, 0.25) is 5.02 Å². The van der Waals surface area contributed by atoms with Gasteiger partial charge >= 0.3 is 0 Å². The van der Waals surface area contributed by atoms with Gasteiger partial charge in [0.1, 0.15) is 5.52 Å². The van der Waals surface area contributed by atoms with Crippen LogP contribution in [0.1, 0.15) is 38.1 Å². The fourth-order valence-corrected chi connectivity index (χ4v) is 7.73. The molecule has 1 fully saturated rings. The van der Waals surface area contributed by atoms with Crippen LogP contribution in [0.4, 0.5) is 5.13 Å². The predicted molar refractivity (Wildman–Crippen MR) is 160 cm³/mol. The van der Waals surface area contributed by atoms with Gasteiger partial charge in [0, 0.05) is 57.9 Å². The van der Waals surface area contributed by atoms with Gasteiger partial charge in [-0.25, -0.2) is 13.4 Å². The number of nitrogens with zero attached hydrogens (tertiary/aromatic N) is 4. The van der Waals surface area contributed by atoms with Gasteiger partial charge in [0.05, 0.1) is 14.6 Å². The lowest BCUT2D eigenvalue weighted by atomic mass is 10.2. The first-order valence-corrected chi connectivity index (χ1v) is 16.1. The molecule has 2 aromatic carbocycles. The van der Waals surface area contributed by atoms with E-state index in [1.165, 1.54) is 12.1 Å². The molecular weight excluding hydrogens is 554 g/mol. The Labute approximate surface area is 241 Å². The molecule has 1 amide bonds. The summed E-state index contributed by atoms with van der Waals surface area (Å²) in [5, 5.41) is 4.64. The first kappa shape index (κ1) is 29.7. The molecule has 8 nitrogen and oxygen atoms in total. The molecule has 0 aliphatic carbocycles. The number of anilines is 1. The Morgan fingerprint density at radius 3 is 2.26 bits per heavy atom. The number of piperazine rings is 1. The fraction of sp³-hybridized carbons (Fsp3) is 0.500. The molecule has 1 aliphatic rings. The summed E-state index contributed by atoms with van der Waals surface area (Å²) in [7, 11) is -3.62. The zero-order valence-electron chi connectivity index (χ0n) is 23.1. The molecule has 0 unspecified atom stereocenters. The fourth-order valence-electron chi connectivity index (χ4n) is 4.64. The van der Waals surface area contributed by atoms with E-state index >= 15 is 0 Å². The maximum Gasteiger partial charge on any atom is 0.251 e. The van der Waals surface area contributed by atoms with Crippen LogP contribution in [-0.4, -0.2) is 80.9 Å². The second-order valence-electron chi connectivity index (χ2n) is 10.8. The number of aromatic nitrogens is 1. The number of carbonyl (C=O) groups excluding carboxylic acids is 1. The molecule has 2 heterocycles. The number of hydrogen-bond donors (Lipinski definition) is 1. The number of hydrogen-bond acceptors (Lipinski definition) is 7. The third-order valence-electron chi connectivity index (χ3n) is 6.61. The molecule has 0 spiro atoms. The largest absolute Gasteiger partial charge is 0.351 e. The van der Waals surface area contributed by atoms with Crippen molar-refractivity contribution in [3.8, 4) is 0 Å². The molecule has 1 saturated heterocycles. The van der Waals surface area contributed by atoms with Crippen molar-refractivity contribution in [1.29, 1.82) is 0 Å². The van der Waals surface area contributed by atoms with Crippen molar-refractivity contribution in [2.24, 2.45) is 11.8 Å². The summed E-state index contributed by atoms with van der Waals surface area (Å²) in [6.45, 7) is 13.7. The average molecular weight is 592 g/mol. The van der Waals surface area contributed by atoms with Gasteiger partial charge in [-0.15, -0.1) is 0 Å². The molecule has 0 bridgehead atoms. The predicted octanol–water partition coefficient (Wildman–Crippen LogP) is 4.80. The number of nitrogens with one attached hydrogen (secondary N) is 1. The summed E-state index contributed by atoms with van der Waals surface area (Å²) >= 11 is 7.95. The van der Waals surface area contributed by atoms with Gasteiger partial charge in [-0.3, -0.25) is 9.69 Å². The number of benzene rings is 2. The molecule has 0 saturated carbocycles. The molecule has 0 atom stereocenters. The molecule has 39 heavy (non-hydrogen) atoms. The van der Waals surface area contributed by atoms with E-state index in [2.05, 4.69) is 15.1 Å². The van der Waals surface area contributed by atoms with Gasteiger partial charge in [-0.2, -0.15) is 4.31 Å². The minimum Gasteiger partial charge on any atom is -0.351 e. The summed E-state index contributed by atoms with van der Waals surface area (Å²) in [5.41, 5.74) is 1.31. The molecule has 1 aliphatic heterocycles. The maximum absolute atomic E-state index is 13.2. The average Bonchev–Trinajstić information content (AvgIpc) is 3.34. The third-order valence-corrected chi connectivity index (χ3v) is 9.84. The number of fused-ring (bicyclic) bond motifs is 1. The summed E-state index contributed by atoms with van der Waals surface area (Å²) in [4.78, 5) is 22.3. The quantitative estimate of drug-likeness (QED) is 0.345. The van der Waals surface area contributed by atoms with Gasteiger partial charge in [0.25, 0.3) is 5.91 Å². The molecule has 212 valence electrons. The van der Waals surface area contributed by atoms with Crippen molar-refractivity contribution in [2.75, 3.05) is 57.3 Å². The standard InChI is InChI=1S/C28H38ClN5O3S2/c1-20(2)18-34(19-21(3)4)39(36,37)23-10-8-22(9-11-23)27(35)30-12-13-32-14-16-33(17-15-32)28-31-26-24(29)6-5-7-25(26)38-28/h5-11,20-21H,12-19H2,1-4H3,(H,30,35). The van der Waals surface area contributed by atoms with Gasteiger partial charge in [-0.05, 0) is 48.2 Å². The molecule has 11 heteroatoms. The van der Waals surface area contributed by atoms with E-state index in [1.807, 2.05) is 45.9 Å². The Hall–Kier alpha value is -2.24. The lowest BCUT2D eigenvalue weighted by Crippen LogP contribution is -2.48. The molecule has 1 aromatic heterocycles. The number of sulfonamides is 1. The zero-order valence-corrected chi connectivity index (χ0v) is 25.4. The summed E-state index contributed by atoms with van der Waals surface area (Å²) < 4.78 is 29.1. The Balaban J connectivity index is 1.26. The van der Waals surface area contributed by atoms with Crippen LogP contribution >= 0.6 is 22.9 Å². The Bertz CT molecular complexity index is 1360. The highest BCUT2D eigenvalue weighted by atomic mass is 35.5. The number of rotatable bonds is 11. The topological polar surface area (TPSA) is 85.8 Å². The van der Waals surface area contributed by atoms with Gasteiger partial charge < -0.3 is 10.2 Å². The van der Waals surface area contributed by atoms with Crippen LogP contribution < -0.4 is 10.2 Å². The van der Waals surface area contributed by atoms with Crippen molar-refractivity contribution < 1.29 is 13.2 Å². The van der Waals surface area contributed by atoms with Crippen LogP contribution in [-0.2, 0) is 10.0 Å². The number of para-hydroxylation sites is 1. The number of halogens is 1. The minimum atomic E-state index is -3.62. The van der Waals surface area contributed by atoms with Gasteiger partial charge in [0.2, 0.25) is 10.0 Å². The molecular formula is C28H38ClN5O3S2. The van der Waals surface area contributed by atoms with E-state index in [0.717, 1.165) is 48.1 Å². The maximum atomic E-state index is 13.2. The van der Waals surface area contributed by atoms with Crippen molar-refractivity contribution in [3.63, 3.8) is 0 Å². The monoisotopic (exact) mass is 591 g/mol. The Kier molecular flexibility index (Phi) is 9.87. The SMILES string of the molecule is CC(C)CN(CC(C)C)S(=O)(=O)c1ccc(C(=O)NCCN2CCN(c3nc4c(Cl)cccc4s3)CC2)cc1. The molecule has 4 rings (SSSR count). The number of carbonyl (C=O) groups is 1. The van der Waals surface area contributed by atoms with Gasteiger partial charge in [-0.1, -0.05) is 56.7 Å². The first-order chi connectivity index (χ1) is 18.5. The molecule has 0 radical (unpaired) electrons. The Morgan fingerprint density at radius 2 is 1.67 bits per heavy atom. The van der Waals surface area contributed by atoms with E-state index in [4.69, 9.17) is 16.6 Å². The van der Waals surface area contributed by atoms with E-state index in [0.29, 0.717) is 30.2 Å². The van der Waals surface area contributed by atoms with Crippen LogP contribution in [0.25, 0.3) is 10.2 Å². The van der Waals surface area contributed by atoms with E-state index in [1.54, 1.807) is 27.8 Å². The van der Waals surface area contributed by atoms with Gasteiger partial charge in [0.15, 0.2) is 5.13 Å². The highest BCUT2D eigenvalue weighted by Crippen LogP contribution is 2.33. The number of amides is 1. The minimum absolute atomic E-state index is 0.204. The van der Waals surface area contributed by atoms with Crippen LogP contribution in [0.5, 0.6) is 0 Å². The van der Waals surface area contributed by atoms with Crippen molar-refractivity contribution >= 4 is 54.2 Å². The van der Waals surface area contributed by atoms with E-state index < -0.39 is 10.0 Å². The summed E-state index contributed by atoms with van der Waals surface area (Å²) in [6, 6.07) is 12.1. The highest BCUT2D eigenvalue weighted by Gasteiger charge is 2.26. The molecule has 3 aromatic rings. The lowest BCUT2D eigenvalue weighted by molar-refractivity contribution is 0.0947. The van der Waals surface area contributed by atoms with Crippen LogP contribution in [0.3, 0.4) is 0 Å². The highest BCUT2D eigenvalue weighted by molar-refractivity contribution is 7.89. The van der Waals surface area contributed by atoms with Crippen molar-refractivity contribution in [3.05, 3.63) is 53.1 Å². The first-order valence-electron chi connectivity index (χ1n) is 13.5. The van der Waals surface area contributed by atoms with E-state index in [9.17, 15) is 13.2 Å². The molecule has 1 N–H and O–H groups in total. The lowest BCUT2D eigenvalue weighted by Gasteiger charge is -2.34. The zero-order chi connectivity index (χ0) is 28.2. The second-order valence-corrected chi connectivity index (χ2v) is 14.2. The van der Waals surface area contributed by atoms with Crippen LogP contribution in [0.15, 0.2) is 47.4 Å². The number of thiazole rings is 1. The third kappa shape index (κ3) is 7.49. The van der Waals surface area contributed by atoms with E-state index in [-0.39, 0.29) is 22.6 Å².